The SMILES string of the molecule is C=C(C)C1CCC2(C)CCC3(C)C(CCC4C5(C)CC(O)C(=O)C(C)(C)C5CCC43C)C12. The van der Waals surface area contributed by atoms with E-state index in [1.165, 1.54) is 50.5 Å². The van der Waals surface area contributed by atoms with Crippen molar-refractivity contribution >= 4 is 5.78 Å². The van der Waals surface area contributed by atoms with Crippen LogP contribution in [0.1, 0.15) is 106 Å². The molecule has 5 aliphatic rings. The summed E-state index contributed by atoms with van der Waals surface area (Å²) in [6.07, 6.45) is 10.3. The Labute approximate surface area is 197 Å². The van der Waals surface area contributed by atoms with Gasteiger partial charge >= 0.3 is 0 Å². The number of hydrogen-bond donors (Lipinski definition) is 1. The van der Waals surface area contributed by atoms with E-state index in [0.29, 0.717) is 40.4 Å². The first kappa shape index (κ1) is 23.1. The number of Topliss-reactive ketones (excluding diaryl/α,β-unsaturated/α-hetero) is 1. The summed E-state index contributed by atoms with van der Waals surface area (Å²) in [7, 11) is 0. The van der Waals surface area contributed by atoms with Crippen molar-refractivity contribution in [3.8, 4) is 0 Å². The second kappa shape index (κ2) is 6.73. The molecule has 5 rings (SSSR count). The first-order valence-corrected chi connectivity index (χ1v) is 13.6. The summed E-state index contributed by atoms with van der Waals surface area (Å²) >= 11 is 0. The van der Waals surface area contributed by atoms with Gasteiger partial charge in [-0.15, -0.1) is 0 Å². The first-order chi connectivity index (χ1) is 14.7. The summed E-state index contributed by atoms with van der Waals surface area (Å²) in [5.74, 6) is 3.36. The van der Waals surface area contributed by atoms with Crippen LogP contribution in [0, 0.1) is 56.7 Å². The third-order valence-electron chi connectivity index (χ3n) is 13.2. The van der Waals surface area contributed by atoms with Gasteiger partial charge in [-0.3, -0.25) is 4.79 Å². The highest BCUT2D eigenvalue weighted by Crippen LogP contribution is 2.77. The summed E-state index contributed by atoms with van der Waals surface area (Å²) in [6, 6.07) is 0. The molecule has 0 spiro atoms. The van der Waals surface area contributed by atoms with Crippen LogP contribution in [0.2, 0.25) is 0 Å². The molecule has 2 nitrogen and oxygen atoms in total. The van der Waals surface area contributed by atoms with E-state index in [2.05, 4.69) is 55.0 Å². The van der Waals surface area contributed by atoms with Crippen molar-refractivity contribution in [2.24, 2.45) is 56.7 Å². The van der Waals surface area contributed by atoms with E-state index in [1.807, 2.05) is 0 Å². The van der Waals surface area contributed by atoms with Gasteiger partial charge in [-0.25, -0.2) is 0 Å². The van der Waals surface area contributed by atoms with Gasteiger partial charge in [-0.05, 0) is 116 Å². The maximum Gasteiger partial charge on any atom is 0.167 e. The van der Waals surface area contributed by atoms with Gasteiger partial charge in [0.05, 0.1) is 0 Å². The van der Waals surface area contributed by atoms with Crippen LogP contribution in [0.15, 0.2) is 12.2 Å². The van der Waals surface area contributed by atoms with E-state index in [-0.39, 0.29) is 11.2 Å². The summed E-state index contributed by atoms with van der Waals surface area (Å²) in [5, 5.41) is 10.9. The molecule has 0 amide bonds. The number of allylic oxidation sites excluding steroid dienone is 1. The van der Waals surface area contributed by atoms with Crippen LogP contribution in [0.25, 0.3) is 0 Å². The fraction of sp³-hybridized carbons (Fsp3) is 0.900. The first-order valence-electron chi connectivity index (χ1n) is 13.6. The molecule has 2 heteroatoms. The van der Waals surface area contributed by atoms with E-state index in [4.69, 9.17) is 0 Å². The van der Waals surface area contributed by atoms with Gasteiger partial charge in [0.2, 0.25) is 0 Å². The van der Waals surface area contributed by atoms with Crippen LogP contribution in [0.4, 0.5) is 0 Å². The van der Waals surface area contributed by atoms with Crippen molar-refractivity contribution in [3.05, 3.63) is 12.2 Å². The molecule has 5 fully saturated rings. The van der Waals surface area contributed by atoms with Crippen LogP contribution >= 0.6 is 0 Å². The third-order valence-corrected chi connectivity index (χ3v) is 13.2. The molecule has 1 N–H and O–H groups in total. The minimum absolute atomic E-state index is 0.0575. The van der Waals surface area contributed by atoms with Crippen molar-refractivity contribution in [1.82, 2.24) is 0 Å². The van der Waals surface area contributed by atoms with Gasteiger partial charge in [0.25, 0.3) is 0 Å². The van der Waals surface area contributed by atoms with Gasteiger partial charge in [-0.2, -0.15) is 0 Å². The van der Waals surface area contributed by atoms with E-state index < -0.39 is 11.5 Å². The lowest BCUT2D eigenvalue weighted by Crippen LogP contribution is -2.67. The number of hydrogen-bond acceptors (Lipinski definition) is 2. The summed E-state index contributed by atoms with van der Waals surface area (Å²) in [6.45, 7) is 21.3. The molecular formula is C30H48O2. The van der Waals surface area contributed by atoms with Gasteiger partial charge in [0.15, 0.2) is 5.78 Å². The Morgan fingerprint density at radius 1 is 0.875 bits per heavy atom. The van der Waals surface area contributed by atoms with E-state index in [9.17, 15) is 9.90 Å². The van der Waals surface area contributed by atoms with Crippen LogP contribution in [-0.2, 0) is 4.79 Å². The molecule has 0 heterocycles. The van der Waals surface area contributed by atoms with Crippen LogP contribution in [0.5, 0.6) is 0 Å². The molecule has 180 valence electrons. The Kier molecular flexibility index (Phi) is 4.87. The number of carbonyl (C=O) groups excluding carboxylic acids is 1. The highest BCUT2D eigenvalue weighted by Gasteiger charge is 2.71. The average Bonchev–Trinajstić information content (AvgIpc) is 3.05. The lowest BCUT2D eigenvalue weighted by atomic mass is 9.32. The maximum absolute atomic E-state index is 13.0. The van der Waals surface area contributed by atoms with E-state index in [0.717, 1.165) is 18.3 Å². The van der Waals surface area contributed by atoms with E-state index >= 15 is 0 Å². The second-order valence-electron chi connectivity index (χ2n) is 14.6. The van der Waals surface area contributed by atoms with Crippen molar-refractivity contribution in [2.75, 3.05) is 0 Å². The largest absolute Gasteiger partial charge is 0.385 e. The van der Waals surface area contributed by atoms with Crippen LogP contribution in [0.3, 0.4) is 0 Å². The number of aliphatic hydroxyl groups excluding tert-OH is 1. The van der Waals surface area contributed by atoms with Crippen molar-refractivity contribution in [3.63, 3.8) is 0 Å². The molecule has 0 bridgehead atoms. The second-order valence-corrected chi connectivity index (χ2v) is 14.6. The van der Waals surface area contributed by atoms with Crippen LogP contribution in [-0.4, -0.2) is 17.0 Å². The molecule has 10 atom stereocenters. The highest BCUT2D eigenvalue weighted by molar-refractivity contribution is 5.89. The van der Waals surface area contributed by atoms with Gasteiger partial charge in [0, 0.05) is 5.41 Å². The monoisotopic (exact) mass is 440 g/mol. The fourth-order valence-electron chi connectivity index (χ4n) is 11.4. The zero-order valence-corrected chi connectivity index (χ0v) is 21.9. The average molecular weight is 441 g/mol. The van der Waals surface area contributed by atoms with Crippen molar-refractivity contribution < 1.29 is 9.90 Å². The number of aliphatic hydroxyl groups is 1. The quantitative estimate of drug-likeness (QED) is 0.438. The molecule has 0 aromatic heterocycles. The molecule has 5 aliphatic carbocycles. The molecule has 0 radical (unpaired) electrons. The molecule has 0 aromatic rings. The number of fused-ring (bicyclic) bond motifs is 7. The number of carbonyl (C=O) groups is 1. The number of rotatable bonds is 1. The Morgan fingerprint density at radius 3 is 2.22 bits per heavy atom. The minimum atomic E-state index is -0.781. The Hall–Kier alpha value is -0.630. The topological polar surface area (TPSA) is 37.3 Å². The Balaban J connectivity index is 1.56. The van der Waals surface area contributed by atoms with Gasteiger partial charge in [0.1, 0.15) is 6.10 Å². The predicted octanol–water partition coefficient (Wildman–Crippen LogP) is 7.20. The molecule has 5 saturated carbocycles. The molecule has 0 aliphatic heterocycles. The smallest absolute Gasteiger partial charge is 0.167 e. The Bertz CT molecular complexity index is 842. The molecule has 32 heavy (non-hydrogen) atoms. The van der Waals surface area contributed by atoms with Gasteiger partial charge < -0.3 is 5.11 Å². The predicted molar refractivity (Wildman–Crippen MR) is 131 cm³/mol. The number of ketones is 1. The molecule has 0 saturated heterocycles. The minimum Gasteiger partial charge on any atom is -0.385 e. The standard InChI is InChI=1S/C30H48O2/c1-18(2)19-11-13-27(5)15-16-29(7)20(24(19)27)9-10-23-28(6)17-21(31)25(32)26(3,4)22(28)12-14-30(23,29)8/h19-24,31H,1,9-17H2,2-8H3. The highest BCUT2D eigenvalue weighted by atomic mass is 16.3. The molecular weight excluding hydrogens is 392 g/mol. The van der Waals surface area contributed by atoms with E-state index in [1.54, 1.807) is 0 Å². The van der Waals surface area contributed by atoms with Crippen LogP contribution < -0.4 is 0 Å². The lowest BCUT2D eigenvalue weighted by molar-refractivity contribution is -0.239. The summed E-state index contributed by atoms with van der Waals surface area (Å²) in [5.41, 5.74) is 2.20. The lowest BCUT2D eigenvalue weighted by Gasteiger charge is -2.72. The maximum atomic E-state index is 13.0. The molecule has 10 unspecified atom stereocenters. The van der Waals surface area contributed by atoms with Gasteiger partial charge in [-0.1, -0.05) is 53.7 Å². The summed E-state index contributed by atoms with van der Waals surface area (Å²) < 4.78 is 0. The zero-order chi connectivity index (χ0) is 23.5. The Morgan fingerprint density at radius 2 is 1.56 bits per heavy atom. The normalized spacial score (nSPS) is 56.6. The van der Waals surface area contributed by atoms with Crippen molar-refractivity contribution in [2.45, 2.75) is 112 Å². The third kappa shape index (κ3) is 2.60. The summed E-state index contributed by atoms with van der Waals surface area (Å²) in [4.78, 5) is 13.0. The fourth-order valence-corrected chi connectivity index (χ4v) is 11.4. The molecule has 0 aromatic carbocycles. The van der Waals surface area contributed by atoms with Crippen molar-refractivity contribution in [1.29, 1.82) is 0 Å². The zero-order valence-electron chi connectivity index (χ0n) is 21.9.